The molecule has 156 valence electrons. The zero-order valence-corrected chi connectivity index (χ0v) is 17.6. The van der Waals surface area contributed by atoms with Crippen molar-refractivity contribution in [1.29, 1.82) is 0 Å². The van der Waals surface area contributed by atoms with Gasteiger partial charge in [-0.05, 0) is 39.8 Å². The molecule has 2 N–H and O–H groups in total. The summed E-state index contributed by atoms with van der Waals surface area (Å²) in [4.78, 5) is 32.6. The fraction of sp³-hybridized carbons (Fsp3) is 0.300. The Kier molecular flexibility index (Phi) is 8.47. The van der Waals surface area contributed by atoms with Gasteiger partial charge >= 0.3 is 0 Å². The van der Waals surface area contributed by atoms with Crippen LogP contribution in [0.25, 0.3) is 0 Å². The average molecular weight is 417 g/mol. The molecule has 0 fully saturated rings. The molecular weight excluding hydrogens is 388 g/mol. The highest BCUT2D eigenvalue weighted by molar-refractivity contribution is 8.01. The van der Waals surface area contributed by atoms with Crippen molar-refractivity contribution in [2.75, 3.05) is 0 Å². The highest BCUT2D eigenvalue weighted by Gasteiger charge is 2.21. The van der Waals surface area contributed by atoms with Crippen molar-refractivity contribution in [3.63, 3.8) is 0 Å². The number of amides is 2. The lowest BCUT2D eigenvalue weighted by Crippen LogP contribution is -2.33. The maximum Gasteiger partial charge on any atom is 0.252 e. The summed E-state index contributed by atoms with van der Waals surface area (Å²) in [5, 5.41) is 7.26. The Morgan fingerprint density at radius 1 is 0.897 bits per heavy atom. The topological polar surface area (TPSA) is 109 Å². The quantitative estimate of drug-likeness (QED) is 0.508. The third kappa shape index (κ3) is 7.11. The van der Waals surface area contributed by atoms with Crippen molar-refractivity contribution in [3.8, 4) is 0 Å². The minimum absolute atomic E-state index is 0. The maximum atomic E-state index is 12.3. The largest absolute Gasteiger partial charge is 0.272 e. The Morgan fingerprint density at radius 2 is 1.31 bits per heavy atom. The monoisotopic (exact) mass is 416 g/mol. The van der Waals surface area contributed by atoms with Crippen LogP contribution in [0.2, 0.25) is 0 Å². The fourth-order valence-electron chi connectivity index (χ4n) is 2.17. The normalized spacial score (nSPS) is 14.1. The Morgan fingerprint density at radius 3 is 1.66 bits per heavy atom. The summed E-state index contributed by atoms with van der Waals surface area (Å²) in [6, 6.07) is 7.31. The number of nitrogens with zero attached hydrogens (tertiary/aromatic N) is 4. The number of pyridine rings is 2. The fourth-order valence-corrected chi connectivity index (χ4v) is 3.14. The van der Waals surface area contributed by atoms with Gasteiger partial charge in [-0.25, -0.2) is 10.9 Å². The Bertz CT molecular complexity index is 824. The zero-order chi connectivity index (χ0) is 21.2. The van der Waals surface area contributed by atoms with Gasteiger partial charge in [0.15, 0.2) is 0 Å². The molecule has 2 unspecified atom stereocenters. The first-order valence-corrected chi connectivity index (χ1v) is 9.97. The van der Waals surface area contributed by atoms with E-state index < -0.39 is 10.5 Å². The first-order chi connectivity index (χ1) is 13.9. The molecule has 0 saturated carbocycles. The van der Waals surface area contributed by atoms with Gasteiger partial charge in [0, 0.05) is 38.8 Å². The van der Waals surface area contributed by atoms with E-state index in [1.807, 2.05) is 12.1 Å². The Hall–Kier alpha value is -3.07. The van der Waals surface area contributed by atoms with Crippen LogP contribution in [0.4, 0.5) is 0 Å². The van der Waals surface area contributed by atoms with Crippen LogP contribution in [0.1, 0.15) is 41.7 Å². The molecule has 9 heteroatoms. The van der Waals surface area contributed by atoms with Crippen molar-refractivity contribution in [2.24, 2.45) is 10.2 Å². The number of thioether (sulfide) groups is 1. The van der Waals surface area contributed by atoms with E-state index in [1.54, 1.807) is 64.6 Å². The van der Waals surface area contributed by atoms with Gasteiger partial charge in [0.1, 0.15) is 0 Å². The molecule has 29 heavy (non-hydrogen) atoms. The number of hydrogen-bond donors (Lipinski definition) is 2. The van der Waals surface area contributed by atoms with Crippen LogP contribution in [-0.2, 0) is 9.59 Å². The summed E-state index contributed by atoms with van der Waals surface area (Å²) in [5.41, 5.74) is 8.00. The Labute approximate surface area is 177 Å². The van der Waals surface area contributed by atoms with Crippen molar-refractivity contribution in [3.05, 3.63) is 60.2 Å². The molecule has 8 nitrogen and oxygen atoms in total. The van der Waals surface area contributed by atoms with Crippen LogP contribution in [0.5, 0.6) is 0 Å². The minimum Gasteiger partial charge on any atom is -0.272 e. The number of aromatic nitrogens is 2. The molecule has 0 aliphatic heterocycles. The van der Waals surface area contributed by atoms with Crippen LogP contribution in [0, 0.1) is 0 Å². The second-order valence-corrected chi connectivity index (χ2v) is 7.94. The standard InChI is InChI=1S/C20H24N6O2S.2H2/c1-13(17-7-5-9-21-11-17)23-25-19(27)15(3)29-16(4)20(28)26-24-14(2)18-8-6-10-22-12-18;;/h5-12,15-16H,1-4H3,(H,25,27)(H,26,28);2*1H/b23-13+,24-14+;;. The summed E-state index contributed by atoms with van der Waals surface area (Å²) in [5.74, 6) is -0.569. The zero-order valence-electron chi connectivity index (χ0n) is 16.8. The first kappa shape index (κ1) is 22.2. The molecule has 2 atom stereocenters. The van der Waals surface area contributed by atoms with Crippen LogP contribution in [-0.4, -0.2) is 43.7 Å². The van der Waals surface area contributed by atoms with Crippen LogP contribution in [0.15, 0.2) is 59.3 Å². The average Bonchev–Trinajstić information content (AvgIpc) is 2.76. The smallest absolute Gasteiger partial charge is 0.252 e. The van der Waals surface area contributed by atoms with Gasteiger partial charge in [0.2, 0.25) is 0 Å². The number of hydrogen-bond acceptors (Lipinski definition) is 7. The summed E-state index contributed by atoms with van der Waals surface area (Å²) < 4.78 is 0. The lowest BCUT2D eigenvalue weighted by Gasteiger charge is -2.15. The molecule has 0 aliphatic rings. The molecule has 0 saturated heterocycles. The van der Waals surface area contributed by atoms with Crippen LogP contribution >= 0.6 is 11.8 Å². The van der Waals surface area contributed by atoms with E-state index in [2.05, 4.69) is 31.0 Å². The third-order valence-electron chi connectivity index (χ3n) is 3.97. The van der Waals surface area contributed by atoms with Gasteiger partial charge in [-0.3, -0.25) is 19.6 Å². The lowest BCUT2D eigenvalue weighted by molar-refractivity contribution is -0.120. The summed E-state index contributed by atoms with van der Waals surface area (Å²) in [7, 11) is 0. The molecule has 2 rings (SSSR count). The number of rotatable bonds is 8. The lowest BCUT2D eigenvalue weighted by atomic mass is 10.2. The molecule has 0 aliphatic carbocycles. The molecule has 2 aromatic rings. The molecule has 2 heterocycles. The number of carbonyl (C=O) groups is 2. The van der Waals surface area contributed by atoms with E-state index in [-0.39, 0.29) is 14.7 Å². The maximum absolute atomic E-state index is 12.3. The van der Waals surface area contributed by atoms with Crippen LogP contribution in [0.3, 0.4) is 0 Å². The minimum atomic E-state index is -0.468. The highest BCUT2D eigenvalue weighted by Crippen LogP contribution is 2.18. The van der Waals surface area contributed by atoms with Crippen molar-refractivity contribution in [1.82, 2.24) is 20.8 Å². The second kappa shape index (κ2) is 11.1. The summed E-state index contributed by atoms with van der Waals surface area (Å²) in [6.45, 7) is 7.02. The predicted molar refractivity (Wildman–Crippen MR) is 120 cm³/mol. The Balaban J connectivity index is 0.00000450. The van der Waals surface area contributed by atoms with Gasteiger partial charge in [-0.15, -0.1) is 11.8 Å². The van der Waals surface area contributed by atoms with Gasteiger partial charge in [0.05, 0.1) is 21.9 Å². The van der Waals surface area contributed by atoms with Crippen molar-refractivity contribution >= 4 is 35.0 Å². The molecule has 0 spiro atoms. The van der Waals surface area contributed by atoms with Gasteiger partial charge in [0.25, 0.3) is 11.8 Å². The molecule has 0 radical (unpaired) electrons. The van der Waals surface area contributed by atoms with Crippen molar-refractivity contribution < 1.29 is 12.4 Å². The van der Waals surface area contributed by atoms with Crippen LogP contribution < -0.4 is 10.9 Å². The SMILES string of the molecule is C/C(=N\NC(=O)C(C)SC(C)C(=O)N/N=C(\C)c1cccnc1)c1cccnc1.[HH].[HH]. The molecule has 2 amide bonds. The van der Waals surface area contributed by atoms with Gasteiger partial charge < -0.3 is 0 Å². The van der Waals surface area contributed by atoms with E-state index in [9.17, 15) is 9.59 Å². The molecule has 2 aromatic heterocycles. The highest BCUT2D eigenvalue weighted by atomic mass is 32.2. The number of hydrazone groups is 2. The van der Waals surface area contributed by atoms with E-state index in [0.29, 0.717) is 11.4 Å². The third-order valence-corrected chi connectivity index (χ3v) is 5.22. The van der Waals surface area contributed by atoms with E-state index in [1.165, 1.54) is 11.8 Å². The first-order valence-electron chi connectivity index (χ1n) is 9.03. The molecular formula is C20H28N6O2S. The van der Waals surface area contributed by atoms with Crippen molar-refractivity contribution in [2.45, 2.75) is 38.2 Å². The number of nitrogens with one attached hydrogen (secondary N) is 2. The number of carbonyl (C=O) groups excluding carboxylic acids is 2. The predicted octanol–water partition coefficient (Wildman–Crippen LogP) is 2.86. The van der Waals surface area contributed by atoms with E-state index in [0.717, 1.165) is 11.1 Å². The van der Waals surface area contributed by atoms with Gasteiger partial charge in [-0.2, -0.15) is 10.2 Å². The molecule has 0 aromatic carbocycles. The second-order valence-electron chi connectivity index (χ2n) is 6.25. The summed E-state index contributed by atoms with van der Waals surface area (Å²) in [6.07, 6.45) is 6.68. The van der Waals surface area contributed by atoms with E-state index >= 15 is 0 Å². The molecule has 0 bridgehead atoms. The van der Waals surface area contributed by atoms with Gasteiger partial charge in [-0.1, -0.05) is 12.1 Å². The summed E-state index contributed by atoms with van der Waals surface area (Å²) >= 11 is 1.22. The van der Waals surface area contributed by atoms with E-state index in [4.69, 9.17) is 0 Å².